The zero-order valence-electron chi connectivity index (χ0n) is 13.4. The summed E-state index contributed by atoms with van der Waals surface area (Å²) in [5.74, 6) is 0.754. The number of anilines is 1. The number of piperidine rings is 1. The van der Waals surface area contributed by atoms with Gasteiger partial charge in [0.25, 0.3) is 5.91 Å². The highest BCUT2D eigenvalue weighted by Gasteiger charge is 2.22. The van der Waals surface area contributed by atoms with Gasteiger partial charge in [-0.1, -0.05) is 6.92 Å². The molecular formula is C18H22N4O. The first-order valence-electron chi connectivity index (χ1n) is 8.10. The van der Waals surface area contributed by atoms with Crippen LogP contribution in [0.4, 0.5) is 5.69 Å². The van der Waals surface area contributed by atoms with Crippen LogP contribution in [0.15, 0.2) is 42.9 Å². The molecule has 1 saturated heterocycles. The maximum Gasteiger partial charge on any atom is 0.272 e. The van der Waals surface area contributed by atoms with E-state index in [4.69, 9.17) is 0 Å². The van der Waals surface area contributed by atoms with E-state index < -0.39 is 0 Å². The SMILES string of the molecule is CC1CCN(C(=O)c2ccc(NCc3ccncc3)cn2)CC1. The molecule has 1 aliphatic rings. The second kappa shape index (κ2) is 7.22. The van der Waals surface area contributed by atoms with Crippen LogP contribution in [-0.4, -0.2) is 33.9 Å². The Hall–Kier alpha value is -2.43. The van der Waals surface area contributed by atoms with Crippen molar-refractivity contribution in [3.63, 3.8) is 0 Å². The Bertz CT molecular complexity index is 634. The van der Waals surface area contributed by atoms with Crippen molar-refractivity contribution in [1.82, 2.24) is 14.9 Å². The minimum absolute atomic E-state index is 0.0394. The van der Waals surface area contributed by atoms with Crippen molar-refractivity contribution in [2.45, 2.75) is 26.3 Å². The predicted molar refractivity (Wildman–Crippen MR) is 90.1 cm³/mol. The zero-order chi connectivity index (χ0) is 16.1. The molecule has 0 spiro atoms. The lowest BCUT2D eigenvalue weighted by Crippen LogP contribution is -2.38. The fourth-order valence-corrected chi connectivity index (χ4v) is 2.70. The van der Waals surface area contributed by atoms with E-state index in [-0.39, 0.29) is 5.91 Å². The van der Waals surface area contributed by atoms with Gasteiger partial charge in [0.1, 0.15) is 5.69 Å². The maximum absolute atomic E-state index is 12.4. The summed E-state index contributed by atoms with van der Waals surface area (Å²) in [7, 11) is 0. The van der Waals surface area contributed by atoms with Gasteiger partial charge in [0.15, 0.2) is 0 Å². The van der Waals surface area contributed by atoms with Gasteiger partial charge in [0, 0.05) is 32.0 Å². The highest BCUT2D eigenvalue weighted by Crippen LogP contribution is 2.18. The van der Waals surface area contributed by atoms with E-state index in [1.54, 1.807) is 24.7 Å². The van der Waals surface area contributed by atoms with E-state index in [0.717, 1.165) is 37.2 Å². The van der Waals surface area contributed by atoms with Crippen LogP contribution in [0.25, 0.3) is 0 Å². The number of nitrogens with zero attached hydrogens (tertiary/aromatic N) is 3. The molecule has 2 aromatic heterocycles. The first-order valence-corrected chi connectivity index (χ1v) is 8.10. The quantitative estimate of drug-likeness (QED) is 0.943. The van der Waals surface area contributed by atoms with Crippen molar-refractivity contribution in [2.75, 3.05) is 18.4 Å². The molecule has 1 fully saturated rings. The van der Waals surface area contributed by atoms with Crippen LogP contribution in [0.5, 0.6) is 0 Å². The Kier molecular flexibility index (Phi) is 4.86. The zero-order valence-corrected chi connectivity index (χ0v) is 13.4. The van der Waals surface area contributed by atoms with Crippen molar-refractivity contribution in [3.8, 4) is 0 Å². The summed E-state index contributed by atoms with van der Waals surface area (Å²) >= 11 is 0. The Morgan fingerprint density at radius 2 is 1.96 bits per heavy atom. The van der Waals surface area contributed by atoms with Gasteiger partial charge in [0.05, 0.1) is 11.9 Å². The molecule has 0 saturated carbocycles. The molecule has 0 unspecified atom stereocenters. The second-order valence-corrected chi connectivity index (χ2v) is 6.12. The molecule has 0 aliphatic carbocycles. The molecule has 5 heteroatoms. The fraction of sp³-hybridized carbons (Fsp3) is 0.389. The minimum Gasteiger partial charge on any atom is -0.380 e. The fourth-order valence-electron chi connectivity index (χ4n) is 2.70. The number of carbonyl (C=O) groups is 1. The summed E-state index contributed by atoms with van der Waals surface area (Å²) in [5.41, 5.74) is 2.59. The summed E-state index contributed by atoms with van der Waals surface area (Å²) in [6, 6.07) is 7.65. The van der Waals surface area contributed by atoms with Gasteiger partial charge in [-0.25, -0.2) is 4.98 Å². The average Bonchev–Trinajstić information content (AvgIpc) is 2.61. The lowest BCUT2D eigenvalue weighted by Gasteiger charge is -2.30. The van der Waals surface area contributed by atoms with E-state index >= 15 is 0 Å². The molecule has 0 atom stereocenters. The average molecular weight is 310 g/mol. The number of pyridine rings is 2. The maximum atomic E-state index is 12.4. The number of nitrogens with one attached hydrogen (secondary N) is 1. The van der Waals surface area contributed by atoms with Crippen LogP contribution in [0.3, 0.4) is 0 Å². The Morgan fingerprint density at radius 1 is 1.22 bits per heavy atom. The monoisotopic (exact) mass is 310 g/mol. The highest BCUT2D eigenvalue weighted by atomic mass is 16.2. The number of aromatic nitrogens is 2. The third-order valence-electron chi connectivity index (χ3n) is 4.30. The van der Waals surface area contributed by atoms with Gasteiger partial charge in [-0.3, -0.25) is 9.78 Å². The molecule has 0 aromatic carbocycles. The summed E-state index contributed by atoms with van der Waals surface area (Å²) in [4.78, 5) is 22.7. The van der Waals surface area contributed by atoms with Gasteiger partial charge in [-0.05, 0) is 48.6 Å². The van der Waals surface area contributed by atoms with Crippen molar-refractivity contribution in [3.05, 3.63) is 54.1 Å². The van der Waals surface area contributed by atoms with Crippen molar-refractivity contribution in [2.24, 2.45) is 5.92 Å². The first-order chi connectivity index (χ1) is 11.2. The smallest absolute Gasteiger partial charge is 0.272 e. The van der Waals surface area contributed by atoms with Gasteiger partial charge < -0.3 is 10.2 Å². The van der Waals surface area contributed by atoms with Crippen molar-refractivity contribution >= 4 is 11.6 Å². The van der Waals surface area contributed by atoms with Crippen LogP contribution < -0.4 is 5.32 Å². The van der Waals surface area contributed by atoms with E-state index in [9.17, 15) is 4.79 Å². The molecule has 0 radical (unpaired) electrons. The molecule has 1 aliphatic heterocycles. The topological polar surface area (TPSA) is 58.1 Å². The highest BCUT2D eigenvalue weighted by molar-refractivity contribution is 5.92. The predicted octanol–water partition coefficient (Wildman–Crippen LogP) is 2.96. The Labute approximate surface area is 136 Å². The number of amides is 1. The molecule has 1 amide bonds. The third kappa shape index (κ3) is 4.06. The van der Waals surface area contributed by atoms with Gasteiger partial charge in [0.2, 0.25) is 0 Å². The van der Waals surface area contributed by atoms with Gasteiger partial charge in [-0.2, -0.15) is 0 Å². The van der Waals surface area contributed by atoms with Gasteiger partial charge >= 0.3 is 0 Å². The number of hydrogen-bond acceptors (Lipinski definition) is 4. The summed E-state index contributed by atoms with van der Waals surface area (Å²) in [6.45, 7) is 4.62. The number of likely N-dealkylation sites (tertiary alicyclic amines) is 1. The molecule has 2 aromatic rings. The van der Waals surface area contributed by atoms with E-state index in [0.29, 0.717) is 18.2 Å². The van der Waals surface area contributed by atoms with E-state index in [1.165, 1.54) is 0 Å². The van der Waals surface area contributed by atoms with E-state index in [1.807, 2.05) is 23.1 Å². The van der Waals surface area contributed by atoms with Crippen LogP contribution in [0.2, 0.25) is 0 Å². The van der Waals surface area contributed by atoms with Crippen LogP contribution in [0.1, 0.15) is 35.8 Å². The van der Waals surface area contributed by atoms with Crippen LogP contribution in [-0.2, 0) is 6.54 Å². The molecule has 120 valence electrons. The molecule has 1 N–H and O–H groups in total. The molecule has 3 heterocycles. The third-order valence-corrected chi connectivity index (χ3v) is 4.30. The summed E-state index contributed by atoms with van der Waals surface area (Å²) < 4.78 is 0. The summed E-state index contributed by atoms with van der Waals surface area (Å²) in [6.07, 6.45) is 7.43. The van der Waals surface area contributed by atoms with Crippen LogP contribution in [0, 0.1) is 5.92 Å². The Balaban J connectivity index is 1.57. The molecular weight excluding hydrogens is 288 g/mol. The summed E-state index contributed by atoms with van der Waals surface area (Å²) in [5, 5.41) is 3.30. The van der Waals surface area contributed by atoms with E-state index in [2.05, 4.69) is 22.2 Å². The number of hydrogen-bond donors (Lipinski definition) is 1. The first kappa shape index (κ1) is 15.5. The Morgan fingerprint density at radius 3 is 2.61 bits per heavy atom. The molecule has 23 heavy (non-hydrogen) atoms. The number of carbonyl (C=O) groups excluding carboxylic acids is 1. The van der Waals surface area contributed by atoms with Crippen LogP contribution >= 0.6 is 0 Å². The lowest BCUT2D eigenvalue weighted by molar-refractivity contribution is 0.0691. The molecule has 3 rings (SSSR count). The second-order valence-electron chi connectivity index (χ2n) is 6.12. The molecule has 0 bridgehead atoms. The largest absolute Gasteiger partial charge is 0.380 e. The van der Waals surface area contributed by atoms with Gasteiger partial charge in [-0.15, -0.1) is 0 Å². The standard InChI is InChI=1S/C18H22N4O/c1-14-6-10-22(11-7-14)18(23)17-3-2-16(13-21-17)20-12-15-4-8-19-9-5-15/h2-5,8-9,13-14,20H,6-7,10-12H2,1H3. The van der Waals surface area contributed by atoms with Crippen molar-refractivity contribution < 1.29 is 4.79 Å². The normalized spacial score (nSPS) is 15.4. The lowest BCUT2D eigenvalue weighted by atomic mass is 9.99. The van der Waals surface area contributed by atoms with Crippen molar-refractivity contribution in [1.29, 1.82) is 0 Å². The minimum atomic E-state index is 0.0394. The number of rotatable bonds is 4. The molecule has 5 nitrogen and oxygen atoms in total.